The molecule has 3 rings (SSSR count). The van der Waals surface area contributed by atoms with Gasteiger partial charge in [0.2, 0.25) is 5.91 Å². The average molecular weight is 392 g/mol. The lowest BCUT2D eigenvalue weighted by molar-refractivity contribution is -0.143. The molecule has 0 aromatic heterocycles. The lowest BCUT2D eigenvalue weighted by Gasteiger charge is -2.41. The summed E-state index contributed by atoms with van der Waals surface area (Å²) in [5.74, 6) is -1.51. The number of amidine groups is 1. The molecular weight excluding hydrogens is 367 g/mol. The van der Waals surface area contributed by atoms with Gasteiger partial charge in [0.05, 0.1) is 12.2 Å². The number of rotatable bonds is 6. The molecule has 28 heavy (non-hydrogen) atoms. The molecule has 2 aliphatic heterocycles. The number of nitrogens with one attached hydrogen (secondary N) is 1. The summed E-state index contributed by atoms with van der Waals surface area (Å²) in [5, 5.41) is 7.08. The van der Waals surface area contributed by atoms with Crippen molar-refractivity contribution in [3.8, 4) is 0 Å². The Bertz CT molecular complexity index is 751. The number of hydrogen-bond acceptors (Lipinski definition) is 6. The number of benzene rings is 1. The maximum absolute atomic E-state index is 14.9. The number of carbonyl (C=O) groups is 2. The van der Waals surface area contributed by atoms with Crippen molar-refractivity contribution >= 4 is 23.4 Å². The molecule has 0 unspecified atom stereocenters. The molecule has 0 atom stereocenters. The first-order valence-corrected chi connectivity index (χ1v) is 9.33. The zero-order valence-electron chi connectivity index (χ0n) is 15.7. The third-order valence-corrected chi connectivity index (χ3v) is 5.01. The van der Waals surface area contributed by atoms with Crippen LogP contribution in [0.3, 0.4) is 0 Å². The van der Waals surface area contributed by atoms with Gasteiger partial charge < -0.3 is 25.0 Å². The van der Waals surface area contributed by atoms with E-state index in [9.17, 15) is 14.0 Å². The lowest BCUT2D eigenvalue weighted by Crippen LogP contribution is -2.55. The lowest BCUT2D eigenvalue weighted by atomic mass is 10.1. The summed E-state index contributed by atoms with van der Waals surface area (Å²) in [5.41, 5.74) is 5.69. The van der Waals surface area contributed by atoms with Gasteiger partial charge in [-0.3, -0.25) is 15.0 Å². The van der Waals surface area contributed by atoms with Crippen molar-refractivity contribution < 1.29 is 23.5 Å². The number of anilines is 1. The van der Waals surface area contributed by atoms with Crippen LogP contribution in [0.1, 0.15) is 24.8 Å². The standard InChI is InChI=1S/C19H25FN4O4/c20-19-13(12-28-18(26)10-16(21)22)2-1-3-15(19)23-6-7-24(17(25)11-23)14-4-8-27-9-5-14/h1-3,14H,4-12H2,(H3,21,22). The second kappa shape index (κ2) is 9.01. The van der Waals surface area contributed by atoms with Crippen molar-refractivity contribution in [2.24, 2.45) is 5.73 Å². The van der Waals surface area contributed by atoms with Crippen molar-refractivity contribution in [2.45, 2.75) is 31.9 Å². The summed E-state index contributed by atoms with van der Waals surface area (Å²) in [4.78, 5) is 27.7. The Morgan fingerprint density at radius 2 is 2.07 bits per heavy atom. The van der Waals surface area contributed by atoms with Gasteiger partial charge >= 0.3 is 5.97 Å². The van der Waals surface area contributed by atoms with Gasteiger partial charge in [0.1, 0.15) is 18.9 Å². The van der Waals surface area contributed by atoms with Gasteiger partial charge in [-0.1, -0.05) is 12.1 Å². The van der Waals surface area contributed by atoms with Crippen LogP contribution in [-0.2, 0) is 25.7 Å². The Labute approximate surface area is 162 Å². The number of hydrogen-bond donors (Lipinski definition) is 2. The van der Waals surface area contributed by atoms with E-state index in [0.29, 0.717) is 32.0 Å². The van der Waals surface area contributed by atoms with Gasteiger partial charge in [0, 0.05) is 37.9 Å². The number of ether oxygens (including phenoxy) is 2. The number of piperazine rings is 1. The Kier molecular flexibility index (Phi) is 6.45. The van der Waals surface area contributed by atoms with Crippen LogP contribution in [0, 0.1) is 11.2 Å². The highest BCUT2D eigenvalue weighted by molar-refractivity contribution is 5.94. The third-order valence-electron chi connectivity index (χ3n) is 5.01. The molecule has 8 nitrogen and oxygen atoms in total. The van der Waals surface area contributed by atoms with Crippen molar-refractivity contribution in [1.82, 2.24) is 4.90 Å². The summed E-state index contributed by atoms with van der Waals surface area (Å²) >= 11 is 0. The number of carbonyl (C=O) groups excluding carboxylic acids is 2. The second-order valence-corrected chi connectivity index (χ2v) is 6.97. The van der Waals surface area contributed by atoms with Crippen molar-refractivity contribution in [3.05, 3.63) is 29.6 Å². The molecule has 2 aliphatic rings. The zero-order valence-corrected chi connectivity index (χ0v) is 15.7. The minimum Gasteiger partial charge on any atom is -0.460 e. The number of amides is 1. The topological polar surface area (TPSA) is 109 Å². The fourth-order valence-corrected chi connectivity index (χ4v) is 3.56. The summed E-state index contributed by atoms with van der Waals surface area (Å²) in [6, 6.07) is 5.01. The molecule has 1 aromatic carbocycles. The van der Waals surface area contributed by atoms with E-state index in [0.717, 1.165) is 12.8 Å². The number of nitrogens with two attached hydrogens (primary N) is 1. The zero-order chi connectivity index (χ0) is 20.1. The molecule has 3 N–H and O–H groups in total. The highest BCUT2D eigenvalue weighted by Gasteiger charge is 2.31. The molecule has 152 valence electrons. The predicted molar refractivity (Wildman–Crippen MR) is 100 cm³/mol. The molecule has 9 heteroatoms. The van der Waals surface area contributed by atoms with Crippen LogP contribution in [0.5, 0.6) is 0 Å². The molecule has 2 saturated heterocycles. The first-order chi connectivity index (χ1) is 13.5. The second-order valence-electron chi connectivity index (χ2n) is 6.97. The van der Waals surface area contributed by atoms with E-state index < -0.39 is 11.8 Å². The summed E-state index contributed by atoms with van der Waals surface area (Å²) in [6.45, 7) is 2.27. The summed E-state index contributed by atoms with van der Waals surface area (Å²) < 4.78 is 25.2. The Balaban J connectivity index is 1.63. The first kappa shape index (κ1) is 20.1. The van der Waals surface area contributed by atoms with Crippen molar-refractivity contribution in [1.29, 1.82) is 5.41 Å². The van der Waals surface area contributed by atoms with Gasteiger partial charge in [-0.15, -0.1) is 0 Å². The van der Waals surface area contributed by atoms with Crippen LogP contribution in [0.15, 0.2) is 18.2 Å². The van der Waals surface area contributed by atoms with Gasteiger partial charge in [-0.2, -0.15) is 0 Å². The van der Waals surface area contributed by atoms with E-state index in [-0.39, 0.29) is 42.9 Å². The van der Waals surface area contributed by atoms with Crippen LogP contribution in [-0.4, -0.2) is 61.5 Å². The van der Waals surface area contributed by atoms with E-state index in [4.69, 9.17) is 20.6 Å². The minimum absolute atomic E-state index is 0.0177. The molecule has 0 saturated carbocycles. The largest absolute Gasteiger partial charge is 0.460 e. The highest BCUT2D eigenvalue weighted by Crippen LogP contribution is 2.26. The predicted octanol–water partition coefficient (Wildman–Crippen LogP) is 1.02. The fraction of sp³-hybridized carbons (Fsp3) is 0.526. The Morgan fingerprint density at radius 3 is 2.75 bits per heavy atom. The molecular formula is C19H25FN4O4. The smallest absolute Gasteiger partial charge is 0.313 e. The number of nitrogens with zero attached hydrogens (tertiary/aromatic N) is 2. The Morgan fingerprint density at radius 1 is 1.32 bits per heavy atom. The number of esters is 1. The van der Waals surface area contributed by atoms with Crippen LogP contribution in [0.4, 0.5) is 10.1 Å². The van der Waals surface area contributed by atoms with Crippen molar-refractivity contribution in [2.75, 3.05) is 37.7 Å². The van der Waals surface area contributed by atoms with Gasteiger partial charge in [-0.05, 0) is 18.9 Å². The highest BCUT2D eigenvalue weighted by atomic mass is 19.1. The van der Waals surface area contributed by atoms with Crippen molar-refractivity contribution in [3.63, 3.8) is 0 Å². The molecule has 2 heterocycles. The van der Waals surface area contributed by atoms with E-state index in [1.165, 1.54) is 6.07 Å². The quantitative estimate of drug-likeness (QED) is 0.425. The van der Waals surface area contributed by atoms with Crippen LogP contribution < -0.4 is 10.6 Å². The molecule has 0 aliphatic carbocycles. The minimum atomic E-state index is -0.683. The maximum atomic E-state index is 14.9. The SMILES string of the molecule is N=C(N)CC(=O)OCc1cccc(N2CCN(C3CCOCC3)C(=O)C2)c1F. The van der Waals surface area contributed by atoms with Crippen LogP contribution in [0.2, 0.25) is 0 Å². The van der Waals surface area contributed by atoms with Crippen LogP contribution >= 0.6 is 0 Å². The van der Waals surface area contributed by atoms with Gasteiger partial charge in [-0.25, -0.2) is 4.39 Å². The molecule has 1 amide bonds. The summed E-state index contributed by atoms with van der Waals surface area (Å²) in [7, 11) is 0. The Hall–Kier alpha value is -2.68. The molecule has 0 bridgehead atoms. The third kappa shape index (κ3) is 4.78. The van der Waals surface area contributed by atoms with Gasteiger partial charge in [0.25, 0.3) is 0 Å². The first-order valence-electron chi connectivity index (χ1n) is 9.33. The summed E-state index contributed by atoms with van der Waals surface area (Å²) in [6.07, 6.45) is 1.34. The van der Waals surface area contributed by atoms with E-state index in [1.807, 2.05) is 4.90 Å². The van der Waals surface area contributed by atoms with Gasteiger partial charge in [0.15, 0.2) is 5.82 Å². The number of halogens is 1. The normalized spacial score (nSPS) is 18.2. The van der Waals surface area contributed by atoms with E-state index in [1.54, 1.807) is 17.0 Å². The molecule has 1 aromatic rings. The maximum Gasteiger partial charge on any atom is 0.313 e. The van der Waals surface area contributed by atoms with E-state index in [2.05, 4.69) is 0 Å². The average Bonchev–Trinajstić information content (AvgIpc) is 2.67. The fourth-order valence-electron chi connectivity index (χ4n) is 3.56. The molecule has 0 radical (unpaired) electrons. The van der Waals surface area contributed by atoms with Crippen LogP contribution in [0.25, 0.3) is 0 Å². The molecule has 2 fully saturated rings. The van der Waals surface area contributed by atoms with E-state index >= 15 is 0 Å². The molecule has 0 spiro atoms. The monoisotopic (exact) mass is 392 g/mol.